The Labute approximate surface area is 148 Å². The van der Waals surface area contributed by atoms with Gasteiger partial charge in [-0.15, -0.1) is 0 Å². The molecule has 0 fully saturated rings. The third kappa shape index (κ3) is 5.50. The highest BCUT2D eigenvalue weighted by Crippen LogP contribution is 2.27. The van der Waals surface area contributed by atoms with Crippen LogP contribution < -0.4 is 14.8 Å². The molecule has 2 aromatic rings. The van der Waals surface area contributed by atoms with Gasteiger partial charge >= 0.3 is 0 Å². The van der Waals surface area contributed by atoms with Gasteiger partial charge in [-0.2, -0.15) is 0 Å². The largest absolute Gasteiger partial charge is 0.493 e. The first kappa shape index (κ1) is 18.8. The van der Waals surface area contributed by atoms with Crippen molar-refractivity contribution in [2.24, 2.45) is 0 Å². The van der Waals surface area contributed by atoms with Gasteiger partial charge in [0.15, 0.2) is 11.5 Å². The fraction of sp³-hybridized carbons (Fsp3) is 0.350. The van der Waals surface area contributed by atoms with Gasteiger partial charge in [-0.25, -0.2) is 0 Å². The van der Waals surface area contributed by atoms with E-state index in [-0.39, 0.29) is 12.0 Å². The molecule has 0 radical (unpaired) electrons. The summed E-state index contributed by atoms with van der Waals surface area (Å²) in [6.45, 7) is 4.95. The maximum Gasteiger partial charge on any atom is 0.251 e. The van der Waals surface area contributed by atoms with E-state index in [1.165, 1.54) is 0 Å². The van der Waals surface area contributed by atoms with Crippen LogP contribution in [0.5, 0.6) is 11.5 Å². The van der Waals surface area contributed by atoms with Crippen LogP contribution in [0, 0.1) is 0 Å². The molecule has 2 aromatic carbocycles. The van der Waals surface area contributed by atoms with Gasteiger partial charge in [-0.05, 0) is 49.2 Å². The van der Waals surface area contributed by atoms with Crippen molar-refractivity contribution in [3.8, 4) is 11.5 Å². The van der Waals surface area contributed by atoms with Gasteiger partial charge in [-0.3, -0.25) is 4.79 Å². The van der Waals surface area contributed by atoms with Crippen LogP contribution in [-0.4, -0.2) is 26.2 Å². The van der Waals surface area contributed by atoms with Crippen molar-refractivity contribution in [1.82, 2.24) is 5.32 Å². The average Bonchev–Trinajstić information content (AvgIpc) is 2.64. The summed E-state index contributed by atoms with van der Waals surface area (Å²) >= 11 is 0. The molecule has 0 aliphatic heterocycles. The van der Waals surface area contributed by atoms with E-state index < -0.39 is 0 Å². The molecule has 0 atom stereocenters. The van der Waals surface area contributed by atoms with E-state index >= 15 is 0 Å². The zero-order valence-electron chi connectivity index (χ0n) is 15.2. The lowest BCUT2D eigenvalue weighted by atomic mass is 10.1. The van der Waals surface area contributed by atoms with E-state index in [4.69, 9.17) is 14.2 Å². The van der Waals surface area contributed by atoms with E-state index in [1.807, 2.05) is 56.3 Å². The fourth-order valence-electron chi connectivity index (χ4n) is 2.29. The predicted octanol–water partition coefficient (Wildman–Crippen LogP) is 3.56. The highest BCUT2D eigenvalue weighted by molar-refractivity contribution is 5.94. The summed E-state index contributed by atoms with van der Waals surface area (Å²) in [6, 6.07) is 13.0. The first-order chi connectivity index (χ1) is 12.0. The molecule has 5 nitrogen and oxygen atoms in total. The number of rotatable bonds is 8. The maximum atomic E-state index is 12.3. The second kappa shape index (κ2) is 9.08. The Bertz CT molecular complexity index is 695. The second-order valence-corrected chi connectivity index (χ2v) is 5.93. The topological polar surface area (TPSA) is 56.8 Å². The Morgan fingerprint density at radius 1 is 0.960 bits per heavy atom. The van der Waals surface area contributed by atoms with E-state index in [0.717, 1.165) is 11.1 Å². The number of carbonyl (C=O) groups excluding carboxylic acids is 1. The number of benzene rings is 2. The molecule has 0 unspecified atom stereocenters. The highest BCUT2D eigenvalue weighted by atomic mass is 16.5. The molecule has 0 saturated heterocycles. The van der Waals surface area contributed by atoms with Crippen LogP contribution in [0.1, 0.15) is 35.3 Å². The minimum atomic E-state index is -0.119. The van der Waals surface area contributed by atoms with Gasteiger partial charge in [0.05, 0.1) is 26.9 Å². The molecule has 25 heavy (non-hydrogen) atoms. The van der Waals surface area contributed by atoms with Crippen molar-refractivity contribution < 1.29 is 19.0 Å². The summed E-state index contributed by atoms with van der Waals surface area (Å²) in [6.07, 6.45) is 0.185. The summed E-state index contributed by atoms with van der Waals surface area (Å²) in [5, 5.41) is 2.91. The van der Waals surface area contributed by atoms with Gasteiger partial charge in [0.2, 0.25) is 0 Å². The normalized spacial score (nSPS) is 10.6. The van der Waals surface area contributed by atoms with Crippen LogP contribution in [0.2, 0.25) is 0 Å². The molecule has 1 amide bonds. The molecule has 0 bridgehead atoms. The summed E-state index contributed by atoms with van der Waals surface area (Å²) < 4.78 is 16.0. The first-order valence-corrected chi connectivity index (χ1v) is 8.23. The van der Waals surface area contributed by atoms with Crippen molar-refractivity contribution in [2.75, 3.05) is 14.2 Å². The van der Waals surface area contributed by atoms with E-state index in [0.29, 0.717) is 30.2 Å². The van der Waals surface area contributed by atoms with Crippen LogP contribution in [0.4, 0.5) is 0 Å². The monoisotopic (exact) mass is 343 g/mol. The van der Waals surface area contributed by atoms with Crippen molar-refractivity contribution >= 4 is 5.91 Å². The molecule has 2 rings (SSSR count). The Balaban J connectivity index is 1.93. The van der Waals surface area contributed by atoms with Gasteiger partial charge in [0.1, 0.15) is 0 Å². The Hall–Kier alpha value is -2.53. The highest BCUT2D eigenvalue weighted by Gasteiger charge is 2.08. The number of nitrogens with one attached hydrogen (secondary N) is 1. The van der Waals surface area contributed by atoms with Crippen molar-refractivity contribution in [3.63, 3.8) is 0 Å². The summed E-state index contributed by atoms with van der Waals surface area (Å²) in [4.78, 5) is 12.3. The molecular formula is C20H25NO4. The zero-order chi connectivity index (χ0) is 18.2. The summed E-state index contributed by atoms with van der Waals surface area (Å²) in [7, 11) is 3.18. The number of ether oxygens (including phenoxy) is 3. The van der Waals surface area contributed by atoms with Crippen LogP contribution in [-0.2, 0) is 17.9 Å². The SMILES string of the molecule is COc1ccc(CNC(=O)c2ccc(COC(C)C)cc2)cc1OC. The number of methoxy groups -OCH3 is 2. The van der Waals surface area contributed by atoms with Gasteiger partial charge in [0, 0.05) is 12.1 Å². The van der Waals surface area contributed by atoms with Crippen molar-refractivity contribution in [3.05, 3.63) is 59.2 Å². The number of hydrogen-bond acceptors (Lipinski definition) is 4. The molecule has 0 heterocycles. The Morgan fingerprint density at radius 2 is 1.60 bits per heavy atom. The van der Waals surface area contributed by atoms with Crippen LogP contribution in [0.15, 0.2) is 42.5 Å². The van der Waals surface area contributed by atoms with E-state index in [2.05, 4.69) is 5.32 Å². The Morgan fingerprint density at radius 3 is 2.20 bits per heavy atom. The minimum Gasteiger partial charge on any atom is -0.493 e. The molecular weight excluding hydrogens is 318 g/mol. The average molecular weight is 343 g/mol. The van der Waals surface area contributed by atoms with Crippen LogP contribution >= 0.6 is 0 Å². The van der Waals surface area contributed by atoms with E-state index in [9.17, 15) is 4.79 Å². The van der Waals surface area contributed by atoms with Gasteiger partial charge < -0.3 is 19.5 Å². The molecule has 0 aliphatic rings. The molecule has 0 saturated carbocycles. The molecule has 0 aliphatic carbocycles. The third-order valence-electron chi connectivity index (χ3n) is 3.70. The lowest BCUT2D eigenvalue weighted by molar-refractivity contribution is 0.0657. The number of hydrogen-bond donors (Lipinski definition) is 1. The summed E-state index contributed by atoms with van der Waals surface area (Å²) in [5.74, 6) is 1.19. The quantitative estimate of drug-likeness (QED) is 0.796. The first-order valence-electron chi connectivity index (χ1n) is 8.23. The van der Waals surface area contributed by atoms with Crippen LogP contribution in [0.25, 0.3) is 0 Å². The molecule has 134 valence electrons. The van der Waals surface area contributed by atoms with Crippen LogP contribution in [0.3, 0.4) is 0 Å². The fourth-order valence-corrected chi connectivity index (χ4v) is 2.29. The lowest BCUT2D eigenvalue weighted by Crippen LogP contribution is -2.22. The van der Waals surface area contributed by atoms with E-state index in [1.54, 1.807) is 14.2 Å². The smallest absolute Gasteiger partial charge is 0.251 e. The maximum absolute atomic E-state index is 12.3. The number of carbonyl (C=O) groups is 1. The molecule has 5 heteroatoms. The molecule has 1 N–H and O–H groups in total. The van der Waals surface area contributed by atoms with Gasteiger partial charge in [-0.1, -0.05) is 18.2 Å². The number of amides is 1. The molecule has 0 spiro atoms. The lowest BCUT2D eigenvalue weighted by Gasteiger charge is -2.11. The summed E-state index contributed by atoms with van der Waals surface area (Å²) in [5.41, 5.74) is 2.60. The van der Waals surface area contributed by atoms with Crippen molar-refractivity contribution in [2.45, 2.75) is 33.1 Å². The van der Waals surface area contributed by atoms with Crippen molar-refractivity contribution in [1.29, 1.82) is 0 Å². The molecule has 0 aromatic heterocycles. The second-order valence-electron chi connectivity index (χ2n) is 5.93. The predicted molar refractivity (Wildman–Crippen MR) is 97.1 cm³/mol. The zero-order valence-corrected chi connectivity index (χ0v) is 15.2. The standard InChI is InChI=1S/C20H25NO4/c1-14(2)25-13-15-5-8-17(9-6-15)20(22)21-12-16-7-10-18(23-3)19(11-16)24-4/h5-11,14H,12-13H2,1-4H3,(H,21,22). The van der Waals surface area contributed by atoms with Gasteiger partial charge in [0.25, 0.3) is 5.91 Å². The minimum absolute atomic E-state index is 0.119. The Kier molecular flexibility index (Phi) is 6.83. The third-order valence-corrected chi connectivity index (χ3v) is 3.70.